The Morgan fingerprint density at radius 1 is 1.47 bits per heavy atom. The summed E-state index contributed by atoms with van der Waals surface area (Å²) >= 11 is 0. The van der Waals surface area contributed by atoms with Crippen LogP contribution in [0.15, 0.2) is 18.2 Å². The molecule has 0 bridgehead atoms. The summed E-state index contributed by atoms with van der Waals surface area (Å²) in [4.78, 5) is 11.7. The Kier molecular flexibility index (Phi) is 6.29. The molecule has 1 rings (SSSR count). The number of hydrogen-bond acceptors (Lipinski definition) is 3. The number of aliphatic hydroxyl groups excluding tert-OH is 1. The molecule has 0 saturated carbocycles. The molecule has 0 aromatic heterocycles. The lowest BCUT2D eigenvalue weighted by Gasteiger charge is -2.17. The summed E-state index contributed by atoms with van der Waals surface area (Å²) in [7, 11) is 1.51. The molecule has 1 amide bonds. The molecule has 1 aromatic carbocycles. The van der Waals surface area contributed by atoms with Crippen molar-refractivity contribution < 1.29 is 19.0 Å². The second-order valence-corrected chi connectivity index (χ2v) is 4.36. The molecule has 0 saturated heterocycles. The van der Waals surface area contributed by atoms with Crippen LogP contribution in [0.1, 0.15) is 37.8 Å². The Hall–Kier alpha value is -1.62. The molecule has 0 heterocycles. The van der Waals surface area contributed by atoms with Crippen molar-refractivity contribution in [3.8, 4) is 5.75 Å². The molecule has 0 aliphatic carbocycles. The highest BCUT2D eigenvalue weighted by molar-refractivity contribution is 5.76. The van der Waals surface area contributed by atoms with Crippen molar-refractivity contribution >= 4 is 5.91 Å². The van der Waals surface area contributed by atoms with Crippen molar-refractivity contribution in [1.82, 2.24) is 5.32 Å². The van der Waals surface area contributed by atoms with E-state index in [9.17, 15) is 9.18 Å². The van der Waals surface area contributed by atoms with Gasteiger partial charge in [-0.3, -0.25) is 4.79 Å². The molecule has 19 heavy (non-hydrogen) atoms. The van der Waals surface area contributed by atoms with Crippen LogP contribution < -0.4 is 10.1 Å². The predicted molar refractivity (Wildman–Crippen MR) is 70.4 cm³/mol. The Morgan fingerprint density at radius 2 is 2.21 bits per heavy atom. The first-order chi connectivity index (χ1) is 9.08. The molecule has 0 aliphatic heterocycles. The van der Waals surface area contributed by atoms with Gasteiger partial charge < -0.3 is 15.2 Å². The van der Waals surface area contributed by atoms with E-state index in [2.05, 4.69) is 5.32 Å². The highest BCUT2D eigenvalue weighted by Gasteiger charge is 2.14. The standard InChI is InChI=1S/C14H20FNO3/c1-10(16-14(18)5-3-4-8-17)12-9-11(15)6-7-13(12)19-2/h6-7,9-10,17H,3-5,8H2,1-2H3,(H,16,18). The minimum atomic E-state index is -0.364. The van der Waals surface area contributed by atoms with Crippen LogP contribution in [0.2, 0.25) is 0 Å². The molecule has 0 spiro atoms. The summed E-state index contributed by atoms with van der Waals surface area (Å²) in [6, 6.07) is 3.89. The van der Waals surface area contributed by atoms with E-state index in [1.807, 2.05) is 0 Å². The highest BCUT2D eigenvalue weighted by Crippen LogP contribution is 2.25. The molecule has 1 atom stereocenters. The van der Waals surface area contributed by atoms with Crippen molar-refractivity contribution in [3.05, 3.63) is 29.6 Å². The van der Waals surface area contributed by atoms with E-state index >= 15 is 0 Å². The van der Waals surface area contributed by atoms with E-state index in [4.69, 9.17) is 9.84 Å². The molecule has 5 heteroatoms. The van der Waals surface area contributed by atoms with Crippen LogP contribution in [0.5, 0.6) is 5.75 Å². The number of carbonyl (C=O) groups is 1. The van der Waals surface area contributed by atoms with Crippen LogP contribution in [0.4, 0.5) is 4.39 Å². The van der Waals surface area contributed by atoms with E-state index in [-0.39, 0.29) is 24.4 Å². The maximum atomic E-state index is 13.2. The zero-order chi connectivity index (χ0) is 14.3. The Balaban J connectivity index is 2.64. The quantitative estimate of drug-likeness (QED) is 0.746. The van der Waals surface area contributed by atoms with Crippen LogP contribution >= 0.6 is 0 Å². The average Bonchev–Trinajstić information content (AvgIpc) is 2.39. The zero-order valence-corrected chi connectivity index (χ0v) is 11.3. The Bertz CT molecular complexity index is 423. The fourth-order valence-corrected chi connectivity index (χ4v) is 1.83. The van der Waals surface area contributed by atoms with Gasteiger partial charge in [-0.15, -0.1) is 0 Å². The summed E-state index contributed by atoms with van der Waals surface area (Å²) in [5.41, 5.74) is 0.609. The number of carbonyl (C=O) groups excluding carboxylic acids is 1. The van der Waals surface area contributed by atoms with Crippen molar-refractivity contribution in [2.75, 3.05) is 13.7 Å². The summed E-state index contributed by atoms with van der Waals surface area (Å²) in [5.74, 6) is 0.0639. The predicted octanol–water partition coefficient (Wildman–Crippen LogP) is 2.17. The van der Waals surface area contributed by atoms with Crippen molar-refractivity contribution in [3.63, 3.8) is 0 Å². The SMILES string of the molecule is COc1ccc(F)cc1C(C)NC(=O)CCCCO. The number of halogens is 1. The van der Waals surface area contributed by atoms with Gasteiger partial charge in [0.05, 0.1) is 13.2 Å². The second kappa shape index (κ2) is 7.74. The van der Waals surface area contributed by atoms with Gasteiger partial charge in [0.25, 0.3) is 0 Å². The Morgan fingerprint density at radius 3 is 2.84 bits per heavy atom. The van der Waals surface area contributed by atoms with Crippen LogP contribution in [0.3, 0.4) is 0 Å². The Labute approximate surface area is 112 Å². The first kappa shape index (κ1) is 15.4. The number of amides is 1. The van der Waals surface area contributed by atoms with Gasteiger partial charge >= 0.3 is 0 Å². The van der Waals surface area contributed by atoms with E-state index in [1.54, 1.807) is 13.0 Å². The lowest BCUT2D eigenvalue weighted by Crippen LogP contribution is -2.26. The van der Waals surface area contributed by atoms with Crippen LogP contribution in [-0.4, -0.2) is 24.7 Å². The summed E-state index contributed by atoms with van der Waals surface area (Å²) in [6.07, 6.45) is 1.59. The highest BCUT2D eigenvalue weighted by atomic mass is 19.1. The lowest BCUT2D eigenvalue weighted by molar-refractivity contribution is -0.121. The number of ether oxygens (including phenoxy) is 1. The maximum Gasteiger partial charge on any atom is 0.220 e. The summed E-state index contributed by atoms with van der Waals surface area (Å²) in [5, 5.41) is 11.4. The zero-order valence-electron chi connectivity index (χ0n) is 11.3. The third-order valence-corrected chi connectivity index (χ3v) is 2.85. The fraction of sp³-hybridized carbons (Fsp3) is 0.500. The van der Waals surface area contributed by atoms with Crippen LogP contribution in [-0.2, 0) is 4.79 Å². The average molecular weight is 269 g/mol. The minimum Gasteiger partial charge on any atom is -0.496 e. The molecule has 0 radical (unpaired) electrons. The minimum absolute atomic E-state index is 0.0839. The normalized spacial score (nSPS) is 12.0. The van der Waals surface area contributed by atoms with Gasteiger partial charge in [-0.2, -0.15) is 0 Å². The van der Waals surface area contributed by atoms with Gasteiger partial charge in [-0.25, -0.2) is 4.39 Å². The fourth-order valence-electron chi connectivity index (χ4n) is 1.83. The van der Waals surface area contributed by atoms with E-state index in [0.717, 1.165) is 0 Å². The monoisotopic (exact) mass is 269 g/mol. The second-order valence-electron chi connectivity index (χ2n) is 4.36. The number of unbranched alkanes of at least 4 members (excludes halogenated alkanes) is 1. The van der Waals surface area contributed by atoms with Crippen LogP contribution in [0, 0.1) is 5.82 Å². The van der Waals surface area contributed by atoms with E-state index in [1.165, 1.54) is 19.2 Å². The molecule has 4 nitrogen and oxygen atoms in total. The first-order valence-corrected chi connectivity index (χ1v) is 6.32. The molecule has 0 fully saturated rings. The number of methoxy groups -OCH3 is 1. The van der Waals surface area contributed by atoms with Crippen LogP contribution in [0.25, 0.3) is 0 Å². The third kappa shape index (κ3) is 4.87. The number of nitrogens with one attached hydrogen (secondary N) is 1. The molecule has 106 valence electrons. The van der Waals surface area contributed by atoms with Gasteiger partial charge in [-0.05, 0) is 38.0 Å². The van der Waals surface area contributed by atoms with Crippen molar-refractivity contribution in [2.45, 2.75) is 32.2 Å². The van der Waals surface area contributed by atoms with E-state index in [0.29, 0.717) is 30.6 Å². The lowest BCUT2D eigenvalue weighted by atomic mass is 10.1. The number of hydrogen-bond donors (Lipinski definition) is 2. The molecular weight excluding hydrogens is 249 g/mol. The number of benzene rings is 1. The molecule has 1 aromatic rings. The largest absolute Gasteiger partial charge is 0.496 e. The van der Waals surface area contributed by atoms with Gasteiger partial charge in [-0.1, -0.05) is 0 Å². The maximum absolute atomic E-state index is 13.2. The van der Waals surface area contributed by atoms with E-state index < -0.39 is 0 Å². The topological polar surface area (TPSA) is 58.6 Å². The smallest absolute Gasteiger partial charge is 0.220 e. The molecule has 2 N–H and O–H groups in total. The van der Waals surface area contributed by atoms with Gasteiger partial charge in [0.1, 0.15) is 11.6 Å². The number of rotatable bonds is 7. The first-order valence-electron chi connectivity index (χ1n) is 6.32. The molecule has 0 aliphatic rings. The molecular formula is C14H20FNO3. The van der Waals surface area contributed by atoms with Crippen molar-refractivity contribution in [1.29, 1.82) is 0 Å². The summed E-state index contributed by atoms with van der Waals surface area (Å²) in [6.45, 7) is 1.86. The molecule has 1 unspecified atom stereocenters. The summed E-state index contributed by atoms with van der Waals surface area (Å²) < 4.78 is 18.4. The van der Waals surface area contributed by atoms with Crippen molar-refractivity contribution in [2.24, 2.45) is 0 Å². The van der Waals surface area contributed by atoms with Gasteiger partial charge in [0.15, 0.2) is 0 Å². The number of aliphatic hydroxyl groups is 1. The van der Waals surface area contributed by atoms with Gasteiger partial charge in [0.2, 0.25) is 5.91 Å². The third-order valence-electron chi connectivity index (χ3n) is 2.85. The van der Waals surface area contributed by atoms with Gasteiger partial charge in [0, 0.05) is 18.6 Å².